The highest BCUT2D eigenvalue weighted by Gasteiger charge is 2.36. The molecular formula is C41H27N3O. The fourth-order valence-corrected chi connectivity index (χ4v) is 7.50. The first-order valence-corrected chi connectivity index (χ1v) is 15.5. The highest BCUT2D eigenvalue weighted by molar-refractivity contribution is 6.11. The SMILES string of the molecule is C1=CCC2C(=C1)c1cccnc1N2c1ccc2c(c1)oc1ccc(-c3ccc4c(c3)c3ccccc3n4-c3ccccc3)cc12. The molecule has 0 bridgehead atoms. The molecule has 1 aliphatic heterocycles. The van der Waals surface area contributed by atoms with Crippen molar-refractivity contribution >= 4 is 60.8 Å². The number of hydrogen-bond donors (Lipinski definition) is 0. The first-order valence-electron chi connectivity index (χ1n) is 15.5. The van der Waals surface area contributed by atoms with Crippen molar-refractivity contribution in [1.82, 2.24) is 9.55 Å². The van der Waals surface area contributed by atoms with E-state index in [-0.39, 0.29) is 6.04 Å². The van der Waals surface area contributed by atoms with E-state index in [4.69, 9.17) is 9.40 Å². The summed E-state index contributed by atoms with van der Waals surface area (Å²) in [5, 5.41) is 4.75. The summed E-state index contributed by atoms with van der Waals surface area (Å²) in [5.74, 6) is 1.01. The Morgan fingerprint density at radius 1 is 0.622 bits per heavy atom. The molecule has 4 heterocycles. The minimum Gasteiger partial charge on any atom is -0.456 e. The molecule has 1 aliphatic carbocycles. The zero-order valence-corrected chi connectivity index (χ0v) is 24.4. The molecule has 0 saturated heterocycles. The normalized spacial score (nSPS) is 15.7. The summed E-state index contributed by atoms with van der Waals surface area (Å²) in [5.41, 5.74) is 11.4. The molecule has 3 aromatic heterocycles. The fourth-order valence-electron chi connectivity index (χ4n) is 7.50. The Balaban J connectivity index is 1.09. The molecule has 8 aromatic rings. The van der Waals surface area contributed by atoms with Gasteiger partial charge in [0.05, 0.1) is 17.1 Å². The van der Waals surface area contributed by atoms with Crippen LogP contribution in [0.15, 0.2) is 150 Å². The molecule has 0 saturated carbocycles. The van der Waals surface area contributed by atoms with Gasteiger partial charge in [0.2, 0.25) is 0 Å². The summed E-state index contributed by atoms with van der Waals surface area (Å²) >= 11 is 0. The van der Waals surface area contributed by atoms with E-state index in [1.165, 1.54) is 49.8 Å². The molecule has 1 unspecified atom stereocenters. The maximum Gasteiger partial charge on any atom is 0.141 e. The van der Waals surface area contributed by atoms with Crippen molar-refractivity contribution in [3.8, 4) is 16.8 Å². The lowest BCUT2D eigenvalue weighted by Crippen LogP contribution is -2.27. The molecule has 2 aliphatic rings. The van der Waals surface area contributed by atoms with Crippen LogP contribution in [0.25, 0.3) is 66.1 Å². The number of aromatic nitrogens is 2. The van der Waals surface area contributed by atoms with E-state index in [0.29, 0.717) is 0 Å². The van der Waals surface area contributed by atoms with Crippen LogP contribution >= 0.6 is 0 Å². The number of fused-ring (bicyclic) bond motifs is 9. The van der Waals surface area contributed by atoms with Gasteiger partial charge in [0.25, 0.3) is 0 Å². The van der Waals surface area contributed by atoms with Crippen LogP contribution in [0.1, 0.15) is 12.0 Å². The highest BCUT2D eigenvalue weighted by Crippen LogP contribution is 2.47. The first-order chi connectivity index (χ1) is 22.3. The Morgan fingerprint density at radius 3 is 2.38 bits per heavy atom. The second-order valence-electron chi connectivity index (χ2n) is 12.0. The summed E-state index contributed by atoms with van der Waals surface area (Å²) in [4.78, 5) is 7.16. The number of anilines is 2. The fraction of sp³-hybridized carbons (Fsp3) is 0.0488. The van der Waals surface area contributed by atoms with Crippen molar-refractivity contribution in [2.45, 2.75) is 12.5 Å². The third-order valence-electron chi connectivity index (χ3n) is 9.52. The van der Waals surface area contributed by atoms with Crippen molar-refractivity contribution in [3.05, 3.63) is 151 Å². The molecule has 4 nitrogen and oxygen atoms in total. The molecule has 1 atom stereocenters. The van der Waals surface area contributed by atoms with Gasteiger partial charge >= 0.3 is 0 Å². The van der Waals surface area contributed by atoms with Crippen molar-refractivity contribution in [1.29, 1.82) is 0 Å². The zero-order chi connectivity index (χ0) is 29.5. The van der Waals surface area contributed by atoms with Gasteiger partial charge in [-0.1, -0.05) is 66.8 Å². The number of para-hydroxylation sites is 2. The summed E-state index contributed by atoms with van der Waals surface area (Å²) in [6, 6.07) is 43.7. The number of rotatable bonds is 3. The predicted molar refractivity (Wildman–Crippen MR) is 185 cm³/mol. The second kappa shape index (κ2) is 9.31. The summed E-state index contributed by atoms with van der Waals surface area (Å²) in [7, 11) is 0. The number of hydrogen-bond acceptors (Lipinski definition) is 3. The molecule has 0 spiro atoms. The number of pyridine rings is 1. The van der Waals surface area contributed by atoms with Gasteiger partial charge < -0.3 is 13.9 Å². The molecule has 5 aromatic carbocycles. The van der Waals surface area contributed by atoms with E-state index >= 15 is 0 Å². The first kappa shape index (κ1) is 24.6. The van der Waals surface area contributed by atoms with E-state index in [9.17, 15) is 0 Å². The third kappa shape index (κ3) is 3.57. The molecule has 0 radical (unpaired) electrons. The minimum absolute atomic E-state index is 0.246. The van der Waals surface area contributed by atoms with Crippen LogP contribution in [0.5, 0.6) is 0 Å². The van der Waals surface area contributed by atoms with E-state index in [2.05, 4.69) is 143 Å². The maximum atomic E-state index is 6.47. The molecule has 0 fully saturated rings. The van der Waals surface area contributed by atoms with E-state index < -0.39 is 0 Å². The lowest BCUT2D eigenvalue weighted by Gasteiger charge is -2.27. The van der Waals surface area contributed by atoms with Crippen LogP contribution < -0.4 is 4.90 Å². The lowest BCUT2D eigenvalue weighted by molar-refractivity contribution is 0.668. The average molecular weight is 578 g/mol. The van der Waals surface area contributed by atoms with E-state index in [0.717, 1.165) is 39.9 Å². The average Bonchev–Trinajstić information content (AvgIpc) is 3.75. The molecule has 10 rings (SSSR count). The van der Waals surface area contributed by atoms with E-state index in [1.54, 1.807) is 0 Å². The molecular weight excluding hydrogens is 550 g/mol. The summed E-state index contributed by atoms with van der Waals surface area (Å²) in [6.07, 6.45) is 9.47. The molecule has 0 N–H and O–H groups in total. The molecule has 212 valence electrons. The van der Waals surface area contributed by atoms with Crippen LogP contribution in [-0.4, -0.2) is 15.6 Å². The van der Waals surface area contributed by atoms with Gasteiger partial charge in [-0.05, 0) is 89.9 Å². The Kier molecular flexibility index (Phi) is 5.08. The van der Waals surface area contributed by atoms with Crippen LogP contribution in [0, 0.1) is 0 Å². The van der Waals surface area contributed by atoms with Crippen molar-refractivity contribution in [2.24, 2.45) is 0 Å². The van der Waals surface area contributed by atoms with Crippen molar-refractivity contribution < 1.29 is 4.42 Å². The minimum atomic E-state index is 0.246. The van der Waals surface area contributed by atoms with Crippen LogP contribution in [-0.2, 0) is 0 Å². The second-order valence-corrected chi connectivity index (χ2v) is 12.0. The van der Waals surface area contributed by atoms with Crippen LogP contribution in [0.2, 0.25) is 0 Å². The van der Waals surface area contributed by atoms with E-state index in [1.807, 2.05) is 12.3 Å². The van der Waals surface area contributed by atoms with Crippen molar-refractivity contribution in [3.63, 3.8) is 0 Å². The largest absolute Gasteiger partial charge is 0.456 e. The van der Waals surface area contributed by atoms with Crippen molar-refractivity contribution in [2.75, 3.05) is 4.90 Å². The Hall–Kier alpha value is -5.87. The quantitative estimate of drug-likeness (QED) is 0.209. The Bertz CT molecular complexity index is 2530. The van der Waals surface area contributed by atoms with Crippen LogP contribution in [0.4, 0.5) is 11.5 Å². The third-order valence-corrected chi connectivity index (χ3v) is 9.52. The number of nitrogens with zero attached hydrogens (tertiary/aromatic N) is 3. The Morgan fingerprint density at radius 2 is 1.44 bits per heavy atom. The summed E-state index contributed by atoms with van der Waals surface area (Å²) in [6.45, 7) is 0. The monoisotopic (exact) mass is 577 g/mol. The van der Waals surface area contributed by atoms with Gasteiger partial charge in [0.15, 0.2) is 0 Å². The maximum absolute atomic E-state index is 6.47. The number of furan rings is 1. The molecule has 45 heavy (non-hydrogen) atoms. The standard InChI is InChI=1S/C41H27N3O/c1-2-9-28(10-3-1)43-36-14-6-5-12-31(36)34-23-26(16-20-38(34)43)27-17-21-39-35(24-27)32-19-18-29(25-40(32)45-39)44-37-15-7-4-11-30(37)33-13-8-22-42-41(33)44/h1-14,16-25,37H,15H2. The predicted octanol–water partition coefficient (Wildman–Crippen LogP) is 10.6. The van der Waals surface area contributed by atoms with Gasteiger partial charge in [-0.2, -0.15) is 0 Å². The topological polar surface area (TPSA) is 34.2 Å². The van der Waals surface area contributed by atoms with Gasteiger partial charge in [-0.3, -0.25) is 0 Å². The highest BCUT2D eigenvalue weighted by atomic mass is 16.3. The summed E-state index contributed by atoms with van der Waals surface area (Å²) < 4.78 is 8.83. The molecule has 4 heteroatoms. The smallest absolute Gasteiger partial charge is 0.141 e. The van der Waals surface area contributed by atoms with Gasteiger partial charge in [0.1, 0.15) is 17.0 Å². The van der Waals surface area contributed by atoms with Gasteiger partial charge in [-0.25, -0.2) is 4.98 Å². The number of benzene rings is 5. The van der Waals surface area contributed by atoms with Gasteiger partial charge in [0, 0.05) is 50.7 Å². The number of allylic oxidation sites excluding steroid dienone is 2. The van der Waals surface area contributed by atoms with Crippen LogP contribution in [0.3, 0.4) is 0 Å². The Labute approximate surface area is 259 Å². The lowest BCUT2D eigenvalue weighted by atomic mass is 9.96. The zero-order valence-electron chi connectivity index (χ0n) is 24.4. The molecule has 0 amide bonds. The van der Waals surface area contributed by atoms with Gasteiger partial charge in [-0.15, -0.1) is 0 Å².